The molecule has 2 aliphatic rings. The van der Waals surface area contributed by atoms with E-state index in [9.17, 15) is 0 Å². The predicted octanol–water partition coefficient (Wildman–Crippen LogP) is 2.71. The fourth-order valence-electron chi connectivity index (χ4n) is 3.54. The molecular formula is C16H23NO. The third kappa shape index (κ3) is 2.08. The van der Waals surface area contributed by atoms with Gasteiger partial charge in [-0.05, 0) is 50.8 Å². The molecule has 0 radical (unpaired) electrons. The van der Waals surface area contributed by atoms with Crippen LogP contribution < -0.4 is 5.32 Å². The molecule has 0 aliphatic carbocycles. The first-order valence-electron chi connectivity index (χ1n) is 7.08. The monoisotopic (exact) mass is 245 g/mol. The van der Waals surface area contributed by atoms with Crippen LogP contribution in [0.25, 0.3) is 0 Å². The van der Waals surface area contributed by atoms with Gasteiger partial charge >= 0.3 is 0 Å². The minimum absolute atomic E-state index is 0.278. The van der Waals surface area contributed by atoms with Gasteiger partial charge in [-0.25, -0.2) is 0 Å². The van der Waals surface area contributed by atoms with E-state index in [1.54, 1.807) is 0 Å². The molecule has 1 N–H and O–H groups in total. The van der Waals surface area contributed by atoms with Crippen LogP contribution in [-0.2, 0) is 10.2 Å². The van der Waals surface area contributed by atoms with Crippen molar-refractivity contribution in [3.63, 3.8) is 0 Å². The van der Waals surface area contributed by atoms with E-state index in [2.05, 4.69) is 37.4 Å². The van der Waals surface area contributed by atoms with Gasteiger partial charge in [-0.2, -0.15) is 0 Å². The van der Waals surface area contributed by atoms with Gasteiger partial charge in [-0.3, -0.25) is 0 Å². The highest BCUT2D eigenvalue weighted by atomic mass is 16.5. The summed E-state index contributed by atoms with van der Waals surface area (Å²) in [4.78, 5) is 0. The Morgan fingerprint density at radius 1 is 1.33 bits per heavy atom. The summed E-state index contributed by atoms with van der Waals surface area (Å²) in [5, 5.41) is 3.63. The largest absolute Gasteiger partial charge is 0.379 e. The molecule has 2 fully saturated rings. The van der Waals surface area contributed by atoms with E-state index in [1.165, 1.54) is 42.5 Å². The predicted molar refractivity (Wildman–Crippen MR) is 74.1 cm³/mol. The van der Waals surface area contributed by atoms with E-state index in [1.807, 2.05) is 0 Å². The fourth-order valence-corrected chi connectivity index (χ4v) is 3.54. The minimum Gasteiger partial charge on any atom is -0.379 e. The number of hydrogen-bond donors (Lipinski definition) is 1. The molecule has 1 aromatic carbocycles. The first-order chi connectivity index (χ1) is 8.70. The van der Waals surface area contributed by atoms with Gasteiger partial charge in [0.25, 0.3) is 0 Å². The van der Waals surface area contributed by atoms with Gasteiger partial charge in [0.05, 0.1) is 13.2 Å². The Balaban J connectivity index is 1.85. The van der Waals surface area contributed by atoms with E-state index in [0.717, 1.165) is 13.2 Å². The number of aryl methyl sites for hydroxylation is 2. The maximum atomic E-state index is 5.56. The van der Waals surface area contributed by atoms with Crippen molar-refractivity contribution in [3.8, 4) is 0 Å². The summed E-state index contributed by atoms with van der Waals surface area (Å²) < 4.78 is 5.56. The quantitative estimate of drug-likeness (QED) is 0.884. The zero-order valence-corrected chi connectivity index (χ0v) is 11.5. The Bertz CT molecular complexity index is 431. The van der Waals surface area contributed by atoms with E-state index in [0.29, 0.717) is 6.04 Å². The SMILES string of the molecule is Cc1ccc(C2(CC3CCCN3)COC2)c(C)c1. The van der Waals surface area contributed by atoms with E-state index < -0.39 is 0 Å². The highest BCUT2D eigenvalue weighted by Crippen LogP contribution is 2.39. The lowest BCUT2D eigenvalue weighted by molar-refractivity contribution is -0.0682. The van der Waals surface area contributed by atoms with Gasteiger partial charge in [0.15, 0.2) is 0 Å². The summed E-state index contributed by atoms with van der Waals surface area (Å²) in [6.07, 6.45) is 3.89. The van der Waals surface area contributed by atoms with Gasteiger partial charge in [0.2, 0.25) is 0 Å². The van der Waals surface area contributed by atoms with Gasteiger partial charge < -0.3 is 10.1 Å². The number of rotatable bonds is 3. The van der Waals surface area contributed by atoms with Crippen molar-refractivity contribution in [3.05, 3.63) is 34.9 Å². The zero-order chi connectivity index (χ0) is 12.6. The molecule has 0 amide bonds. The van der Waals surface area contributed by atoms with Crippen LogP contribution in [0.1, 0.15) is 36.0 Å². The van der Waals surface area contributed by atoms with Gasteiger partial charge in [0, 0.05) is 11.5 Å². The average Bonchev–Trinajstić information content (AvgIpc) is 2.77. The van der Waals surface area contributed by atoms with Crippen LogP contribution in [0.5, 0.6) is 0 Å². The third-order valence-electron chi connectivity index (χ3n) is 4.51. The van der Waals surface area contributed by atoms with Crippen molar-refractivity contribution >= 4 is 0 Å². The molecule has 0 bridgehead atoms. The maximum Gasteiger partial charge on any atom is 0.0586 e. The molecular weight excluding hydrogens is 222 g/mol. The van der Waals surface area contributed by atoms with Crippen molar-refractivity contribution in [2.45, 2.75) is 44.6 Å². The Labute approximate surface area is 110 Å². The fraction of sp³-hybridized carbons (Fsp3) is 0.625. The standard InChI is InChI=1S/C16H23NO/c1-12-5-6-15(13(2)8-12)16(10-18-11-16)9-14-4-3-7-17-14/h5-6,8,14,17H,3-4,7,9-11H2,1-2H3. The van der Waals surface area contributed by atoms with Crippen LogP contribution in [0.4, 0.5) is 0 Å². The molecule has 2 nitrogen and oxygen atoms in total. The zero-order valence-electron chi connectivity index (χ0n) is 11.5. The van der Waals surface area contributed by atoms with Crippen LogP contribution in [0, 0.1) is 13.8 Å². The average molecular weight is 245 g/mol. The van der Waals surface area contributed by atoms with Crippen molar-refractivity contribution in [1.82, 2.24) is 5.32 Å². The lowest BCUT2D eigenvalue weighted by Gasteiger charge is -2.44. The highest BCUT2D eigenvalue weighted by Gasteiger charge is 2.43. The Morgan fingerprint density at radius 2 is 2.17 bits per heavy atom. The van der Waals surface area contributed by atoms with Crippen molar-refractivity contribution in [1.29, 1.82) is 0 Å². The molecule has 18 heavy (non-hydrogen) atoms. The molecule has 0 aromatic heterocycles. The normalized spacial score (nSPS) is 26.0. The number of nitrogens with one attached hydrogen (secondary N) is 1. The second kappa shape index (κ2) is 4.67. The van der Waals surface area contributed by atoms with Crippen LogP contribution >= 0.6 is 0 Å². The van der Waals surface area contributed by atoms with Crippen LogP contribution in [0.3, 0.4) is 0 Å². The van der Waals surface area contributed by atoms with Crippen molar-refractivity contribution < 1.29 is 4.74 Å². The van der Waals surface area contributed by atoms with Crippen LogP contribution in [0.15, 0.2) is 18.2 Å². The molecule has 2 aliphatic heterocycles. The van der Waals surface area contributed by atoms with Gasteiger partial charge in [-0.15, -0.1) is 0 Å². The highest BCUT2D eigenvalue weighted by molar-refractivity contribution is 5.38. The summed E-state index contributed by atoms with van der Waals surface area (Å²) in [6, 6.07) is 7.55. The molecule has 98 valence electrons. The van der Waals surface area contributed by atoms with Crippen LogP contribution in [-0.4, -0.2) is 25.8 Å². The first-order valence-corrected chi connectivity index (χ1v) is 7.08. The summed E-state index contributed by atoms with van der Waals surface area (Å²) >= 11 is 0. The second-order valence-corrected chi connectivity index (χ2v) is 6.09. The van der Waals surface area contributed by atoms with Crippen LogP contribution in [0.2, 0.25) is 0 Å². The van der Waals surface area contributed by atoms with E-state index >= 15 is 0 Å². The molecule has 1 unspecified atom stereocenters. The Morgan fingerprint density at radius 3 is 2.72 bits per heavy atom. The maximum absolute atomic E-state index is 5.56. The summed E-state index contributed by atoms with van der Waals surface area (Å²) in [6.45, 7) is 7.39. The molecule has 1 aromatic rings. The van der Waals surface area contributed by atoms with E-state index in [-0.39, 0.29) is 5.41 Å². The molecule has 2 heterocycles. The molecule has 2 saturated heterocycles. The number of benzene rings is 1. The Hall–Kier alpha value is -0.860. The topological polar surface area (TPSA) is 21.3 Å². The van der Waals surface area contributed by atoms with Gasteiger partial charge in [-0.1, -0.05) is 23.8 Å². The van der Waals surface area contributed by atoms with Crippen molar-refractivity contribution in [2.75, 3.05) is 19.8 Å². The third-order valence-corrected chi connectivity index (χ3v) is 4.51. The molecule has 1 atom stereocenters. The summed E-state index contributed by atoms with van der Waals surface area (Å²) in [7, 11) is 0. The lowest BCUT2D eigenvalue weighted by atomic mass is 9.72. The van der Waals surface area contributed by atoms with Crippen molar-refractivity contribution in [2.24, 2.45) is 0 Å². The molecule has 2 heteroatoms. The molecule has 3 rings (SSSR count). The lowest BCUT2D eigenvalue weighted by Crippen LogP contribution is -2.50. The summed E-state index contributed by atoms with van der Waals surface area (Å²) in [5.74, 6) is 0. The minimum atomic E-state index is 0.278. The molecule has 0 saturated carbocycles. The summed E-state index contributed by atoms with van der Waals surface area (Å²) in [5.41, 5.74) is 4.56. The molecule has 0 spiro atoms. The van der Waals surface area contributed by atoms with Gasteiger partial charge in [0.1, 0.15) is 0 Å². The smallest absolute Gasteiger partial charge is 0.0586 e. The Kier molecular flexibility index (Phi) is 3.16. The van der Waals surface area contributed by atoms with E-state index in [4.69, 9.17) is 4.74 Å². The first kappa shape index (κ1) is 12.2. The number of hydrogen-bond acceptors (Lipinski definition) is 2. The number of ether oxygens (including phenoxy) is 1. The second-order valence-electron chi connectivity index (χ2n) is 6.09.